The Balaban J connectivity index is 1.39. The van der Waals surface area contributed by atoms with E-state index in [0.717, 1.165) is 45.6 Å². The van der Waals surface area contributed by atoms with Gasteiger partial charge in [0.1, 0.15) is 5.41 Å². The van der Waals surface area contributed by atoms with Gasteiger partial charge in [0.05, 0.1) is 19.6 Å². The molecular formula is C18H26F3N2S+. The van der Waals surface area contributed by atoms with Crippen molar-refractivity contribution < 1.29 is 17.7 Å². The lowest BCUT2D eigenvalue weighted by molar-refractivity contribution is -0.994. The van der Waals surface area contributed by atoms with Crippen LogP contribution in [-0.2, 0) is 0 Å². The fourth-order valence-corrected chi connectivity index (χ4v) is 6.23. The molecule has 0 atom stereocenters. The van der Waals surface area contributed by atoms with Crippen molar-refractivity contribution in [2.75, 3.05) is 44.2 Å². The van der Waals surface area contributed by atoms with E-state index in [0.29, 0.717) is 10.4 Å². The SMILES string of the molecule is FC(F)(F)C[N+]1(CC2CCCCC2)CC2(CN(c3ccsc3)C2)C1. The lowest BCUT2D eigenvalue weighted by atomic mass is 9.69. The number of rotatable bonds is 4. The van der Waals surface area contributed by atoms with E-state index in [1.165, 1.54) is 24.9 Å². The summed E-state index contributed by atoms with van der Waals surface area (Å²) >= 11 is 1.68. The minimum Gasteiger partial charge on any atom is -0.369 e. The zero-order valence-electron chi connectivity index (χ0n) is 14.0. The van der Waals surface area contributed by atoms with E-state index in [-0.39, 0.29) is 5.41 Å². The molecule has 1 spiro atoms. The van der Waals surface area contributed by atoms with Crippen LogP contribution in [0.5, 0.6) is 0 Å². The second-order valence-electron chi connectivity index (χ2n) is 8.46. The quantitative estimate of drug-likeness (QED) is 0.714. The minimum absolute atomic E-state index is 0.141. The van der Waals surface area contributed by atoms with Crippen molar-refractivity contribution in [3.05, 3.63) is 16.8 Å². The van der Waals surface area contributed by atoms with Crippen LogP contribution >= 0.6 is 11.3 Å². The van der Waals surface area contributed by atoms with Gasteiger partial charge in [0, 0.05) is 30.1 Å². The second-order valence-corrected chi connectivity index (χ2v) is 9.24. The highest BCUT2D eigenvalue weighted by atomic mass is 32.1. The number of thiophene rings is 1. The Morgan fingerprint density at radius 1 is 1.17 bits per heavy atom. The molecule has 1 aliphatic carbocycles. The van der Waals surface area contributed by atoms with Crippen molar-refractivity contribution in [3.63, 3.8) is 0 Å². The second kappa shape index (κ2) is 5.90. The first-order valence-corrected chi connectivity index (χ1v) is 10.0. The number of nitrogens with zero attached hydrogens (tertiary/aromatic N) is 2. The van der Waals surface area contributed by atoms with Crippen molar-refractivity contribution >= 4 is 17.0 Å². The predicted octanol–water partition coefficient (Wildman–Crippen LogP) is 4.53. The number of hydrogen-bond acceptors (Lipinski definition) is 2. The number of hydrogen-bond donors (Lipinski definition) is 0. The molecule has 1 saturated carbocycles. The standard InChI is InChI=1S/C18H26F3N2S/c19-18(20,21)14-23(8-15-4-2-1-3-5-15)12-17(13-23)10-22(11-17)16-6-7-24-9-16/h6-7,9,15H,1-5,8,10-14H2/q+1. The van der Waals surface area contributed by atoms with Crippen LogP contribution in [0.1, 0.15) is 32.1 Å². The molecule has 4 rings (SSSR count). The molecule has 2 nitrogen and oxygen atoms in total. The van der Waals surface area contributed by atoms with Gasteiger partial charge < -0.3 is 9.38 Å². The highest BCUT2D eigenvalue weighted by Gasteiger charge is 2.64. The van der Waals surface area contributed by atoms with E-state index in [4.69, 9.17) is 0 Å². The molecule has 0 amide bonds. The summed E-state index contributed by atoms with van der Waals surface area (Å²) in [6, 6.07) is 2.11. The van der Waals surface area contributed by atoms with Gasteiger partial charge in [-0.2, -0.15) is 24.5 Å². The summed E-state index contributed by atoms with van der Waals surface area (Å²) in [7, 11) is 0. The lowest BCUT2D eigenvalue weighted by Gasteiger charge is -2.65. The first kappa shape index (κ1) is 16.7. The Morgan fingerprint density at radius 3 is 2.46 bits per heavy atom. The molecule has 3 fully saturated rings. The van der Waals surface area contributed by atoms with E-state index in [1.807, 2.05) is 0 Å². The Bertz CT molecular complexity index is 549. The fourth-order valence-electron chi connectivity index (χ4n) is 5.56. The van der Waals surface area contributed by atoms with Crippen molar-refractivity contribution in [3.8, 4) is 0 Å². The largest absolute Gasteiger partial charge is 0.438 e. The fraction of sp³-hybridized carbons (Fsp3) is 0.778. The van der Waals surface area contributed by atoms with E-state index >= 15 is 0 Å². The first-order chi connectivity index (χ1) is 11.4. The third kappa shape index (κ3) is 3.32. The van der Waals surface area contributed by atoms with Crippen LogP contribution in [0.15, 0.2) is 16.8 Å². The summed E-state index contributed by atoms with van der Waals surface area (Å²) in [5.41, 5.74) is 1.38. The van der Waals surface area contributed by atoms with Crippen LogP contribution in [-0.4, -0.2) is 49.9 Å². The van der Waals surface area contributed by atoms with Crippen LogP contribution in [0.3, 0.4) is 0 Å². The normalized spacial score (nSPS) is 26.2. The van der Waals surface area contributed by atoms with Crippen LogP contribution in [0.25, 0.3) is 0 Å². The maximum atomic E-state index is 13.2. The molecule has 0 N–H and O–H groups in total. The minimum atomic E-state index is -4.05. The van der Waals surface area contributed by atoms with Gasteiger partial charge in [-0.25, -0.2) is 0 Å². The van der Waals surface area contributed by atoms with Crippen molar-refractivity contribution in [1.29, 1.82) is 0 Å². The average molecular weight is 359 g/mol. The molecule has 2 aliphatic heterocycles. The van der Waals surface area contributed by atoms with Gasteiger partial charge in [0.25, 0.3) is 0 Å². The van der Waals surface area contributed by atoms with Gasteiger partial charge in [0.15, 0.2) is 6.54 Å². The number of anilines is 1. The van der Waals surface area contributed by atoms with Gasteiger partial charge in [-0.05, 0) is 24.3 Å². The van der Waals surface area contributed by atoms with Gasteiger partial charge in [0.2, 0.25) is 0 Å². The summed E-state index contributed by atoms with van der Waals surface area (Å²) in [6.45, 7) is 3.45. The summed E-state index contributed by atoms with van der Waals surface area (Å²) in [5.74, 6) is 0.506. The zero-order chi connectivity index (χ0) is 16.8. The van der Waals surface area contributed by atoms with E-state index < -0.39 is 12.7 Å². The number of halogens is 3. The lowest BCUT2D eigenvalue weighted by Crippen LogP contribution is -2.81. The van der Waals surface area contributed by atoms with Crippen molar-refractivity contribution in [2.45, 2.75) is 38.3 Å². The van der Waals surface area contributed by atoms with Crippen LogP contribution < -0.4 is 4.90 Å². The topological polar surface area (TPSA) is 3.24 Å². The van der Waals surface area contributed by atoms with E-state index in [2.05, 4.69) is 21.7 Å². The van der Waals surface area contributed by atoms with Gasteiger partial charge in [-0.1, -0.05) is 19.3 Å². The molecule has 0 bridgehead atoms. The van der Waals surface area contributed by atoms with Gasteiger partial charge >= 0.3 is 6.18 Å². The van der Waals surface area contributed by atoms with E-state index in [1.54, 1.807) is 11.3 Å². The molecule has 6 heteroatoms. The summed E-state index contributed by atoms with van der Waals surface area (Å²) in [4.78, 5) is 2.32. The Hall–Kier alpha value is -0.750. The monoisotopic (exact) mass is 359 g/mol. The van der Waals surface area contributed by atoms with Crippen LogP contribution in [0.2, 0.25) is 0 Å². The molecule has 134 valence electrons. The number of likely N-dealkylation sites (tertiary alicyclic amines) is 1. The molecule has 0 unspecified atom stereocenters. The Morgan fingerprint density at radius 2 is 1.88 bits per heavy atom. The molecule has 3 aliphatic rings. The first-order valence-electron chi connectivity index (χ1n) is 9.06. The van der Waals surface area contributed by atoms with Crippen LogP contribution in [0.4, 0.5) is 18.9 Å². The summed E-state index contributed by atoms with van der Waals surface area (Å²) in [6.07, 6.45) is 1.88. The van der Waals surface area contributed by atoms with Crippen molar-refractivity contribution in [1.82, 2.24) is 0 Å². The van der Waals surface area contributed by atoms with Gasteiger partial charge in [-0.3, -0.25) is 0 Å². The highest BCUT2D eigenvalue weighted by molar-refractivity contribution is 7.08. The molecule has 1 aromatic heterocycles. The number of alkyl halides is 3. The zero-order valence-corrected chi connectivity index (χ0v) is 14.8. The van der Waals surface area contributed by atoms with Gasteiger partial charge in [-0.15, -0.1) is 0 Å². The maximum absolute atomic E-state index is 13.2. The predicted molar refractivity (Wildman–Crippen MR) is 91.3 cm³/mol. The molecule has 1 aromatic rings. The highest BCUT2D eigenvalue weighted by Crippen LogP contribution is 2.48. The Labute approximate surface area is 145 Å². The maximum Gasteiger partial charge on any atom is 0.438 e. The summed E-state index contributed by atoms with van der Waals surface area (Å²) in [5, 5.41) is 4.19. The molecule has 24 heavy (non-hydrogen) atoms. The van der Waals surface area contributed by atoms with Crippen molar-refractivity contribution in [2.24, 2.45) is 11.3 Å². The molecule has 0 radical (unpaired) electrons. The third-order valence-electron chi connectivity index (χ3n) is 6.15. The number of quaternary nitrogens is 1. The molecule has 2 saturated heterocycles. The van der Waals surface area contributed by atoms with E-state index in [9.17, 15) is 13.2 Å². The smallest absolute Gasteiger partial charge is 0.369 e. The van der Waals surface area contributed by atoms with Crippen LogP contribution in [0, 0.1) is 11.3 Å². The molecule has 0 aromatic carbocycles. The molecule has 3 heterocycles. The molecular weight excluding hydrogens is 333 g/mol. The summed E-state index contributed by atoms with van der Waals surface area (Å²) < 4.78 is 39.8. The third-order valence-corrected chi connectivity index (χ3v) is 6.82. The Kier molecular flexibility index (Phi) is 4.11. The average Bonchev–Trinajstić information content (AvgIpc) is 2.94.